The summed E-state index contributed by atoms with van der Waals surface area (Å²) in [5, 5.41) is 2.02. The second-order valence-corrected chi connectivity index (χ2v) is 23.0. The number of aryl methyl sites for hydroxylation is 6. The molecule has 1 heterocycles. The lowest BCUT2D eigenvalue weighted by atomic mass is 9.83. The van der Waals surface area contributed by atoms with E-state index in [-0.39, 0.29) is 16.2 Å². The molecule has 0 saturated carbocycles. The molecule has 336 valence electrons. The third-order valence-corrected chi connectivity index (χ3v) is 13.9. The van der Waals surface area contributed by atoms with E-state index in [0.717, 1.165) is 94.6 Å². The van der Waals surface area contributed by atoms with Gasteiger partial charge in [-0.2, -0.15) is 0 Å². The van der Waals surface area contributed by atoms with Gasteiger partial charge in [0.1, 0.15) is 34.2 Å². The summed E-state index contributed by atoms with van der Waals surface area (Å²) in [6, 6.07) is 34.1. The lowest BCUT2D eigenvalue weighted by Gasteiger charge is -2.27. The molecule has 0 N–H and O–H groups in total. The zero-order valence-corrected chi connectivity index (χ0v) is 42.6. The summed E-state index contributed by atoms with van der Waals surface area (Å²) >= 11 is 0. The lowest BCUT2D eigenvalue weighted by Crippen LogP contribution is -2.13. The summed E-state index contributed by atoms with van der Waals surface area (Å²) in [6.45, 7) is 32.7. The first-order valence-corrected chi connectivity index (χ1v) is 24.7. The number of fused-ring (bicyclic) bond motifs is 3. The molecular formula is C56H66O6P2. The fourth-order valence-electron chi connectivity index (χ4n) is 8.32. The molecule has 0 bridgehead atoms. The van der Waals surface area contributed by atoms with Gasteiger partial charge in [-0.3, -0.25) is 0 Å². The van der Waals surface area contributed by atoms with Gasteiger partial charge in [-0.1, -0.05) is 122 Å². The molecule has 0 aliphatic carbocycles. The Labute approximate surface area is 383 Å². The maximum absolute atomic E-state index is 7.43. The molecule has 6 aromatic carbocycles. The highest BCUT2D eigenvalue weighted by Gasteiger charge is 2.31. The zero-order chi connectivity index (χ0) is 46.5. The number of methoxy groups -OCH3 is 1. The van der Waals surface area contributed by atoms with Crippen molar-refractivity contribution in [3.8, 4) is 34.1 Å². The van der Waals surface area contributed by atoms with Gasteiger partial charge in [0.15, 0.2) is 0 Å². The van der Waals surface area contributed by atoms with E-state index in [0.29, 0.717) is 17.7 Å². The maximum atomic E-state index is 7.43. The number of hydrogen-bond donors (Lipinski definition) is 0. The standard InChI is InChI=1S/C56H66O6P2/c1-34-19-17-21-40(24-34)33-63(58-41-22-18-20-35(2)25-41)59-50-39(6)23-36(3)26-43(50)46-31-42(57-16)32-49(56(13,14)15)53(46)62-64-60-51-44(27-37(4)29-47(51)54(7,8)9)45-28-38(5)30-48(52(45)61-64)55(10,11)12/h17-32H,33H2,1-16H3. The number of rotatable bonds is 10. The first-order chi connectivity index (χ1) is 30.0. The predicted molar refractivity (Wildman–Crippen MR) is 270 cm³/mol. The van der Waals surface area contributed by atoms with Gasteiger partial charge >= 0.3 is 8.24 Å². The van der Waals surface area contributed by atoms with Crippen LogP contribution in [0.4, 0.5) is 0 Å². The van der Waals surface area contributed by atoms with Crippen LogP contribution in [0.15, 0.2) is 105 Å². The first kappa shape index (κ1) is 46.8. The summed E-state index contributed by atoms with van der Waals surface area (Å²) in [5.41, 5.74) is 13.4. The van der Waals surface area contributed by atoms with Gasteiger partial charge in [0.2, 0.25) is 0 Å². The molecule has 64 heavy (non-hydrogen) atoms. The second-order valence-electron chi connectivity index (χ2n) is 20.6. The van der Waals surface area contributed by atoms with Crippen molar-refractivity contribution in [1.82, 2.24) is 0 Å². The molecule has 0 aliphatic rings. The Morgan fingerprint density at radius 2 is 1.03 bits per heavy atom. The number of hydrogen-bond acceptors (Lipinski definition) is 6. The summed E-state index contributed by atoms with van der Waals surface area (Å²) < 4.78 is 42.0. The molecule has 0 amide bonds. The zero-order valence-electron chi connectivity index (χ0n) is 40.8. The average Bonchev–Trinajstić information content (AvgIpc) is 3.33. The Kier molecular flexibility index (Phi) is 13.2. The van der Waals surface area contributed by atoms with Crippen molar-refractivity contribution in [3.05, 3.63) is 153 Å². The minimum absolute atomic E-state index is 0.233. The van der Waals surface area contributed by atoms with Gasteiger partial charge in [-0.25, -0.2) is 0 Å². The van der Waals surface area contributed by atoms with E-state index in [4.69, 9.17) is 26.7 Å². The summed E-state index contributed by atoms with van der Waals surface area (Å²) in [7, 11) is -1.91. The summed E-state index contributed by atoms with van der Waals surface area (Å²) in [4.78, 5) is 0. The smallest absolute Gasteiger partial charge is 0.453 e. The number of ether oxygens (including phenoxy) is 1. The van der Waals surface area contributed by atoms with Crippen molar-refractivity contribution in [3.63, 3.8) is 0 Å². The van der Waals surface area contributed by atoms with Gasteiger partial charge < -0.3 is 26.7 Å². The van der Waals surface area contributed by atoms with Crippen molar-refractivity contribution in [2.45, 2.75) is 126 Å². The molecule has 1 aromatic heterocycles. The highest BCUT2D eigenvalue weighted by atomic mass is 31.2. The number of benzene rings is 6. The van der Waals surface area contributed by atoms with E-state index < -0.39 is 16.6 Å². The third-order valence-electron chi connectivity index (χ3n) is 11.5. The van der Waals surface area contributed by atoms with Gasteiger partial charge in [0, 0.05) is 38.6 Å². The van der Waals surface area contributed by atoms with Crippen molar-refractivity contribution >= 4 is 38.6 Å². The fraction of sp³-hybridized carbons (Fsp3) is 0.357. The lowest BCUT2D eigenvalue weighted by molar-refractivity contribution is 0.410. The second kappa shape index (κ2) is 18.0. The molecule has 6 nitrogen and oxygen atoms in total. The fourth-order valence-corrected chi connectivity index (χ4v) is 10.9. The first-order valence-electron chi connectivity index (χ1n) is 22.2. The van der Waals surface area contributed by atoms with Crippen molar-refractivity contribution in [2.24, 2.45) is 0 Å². The molecule has 7 rings (SSSR count). The summed E-state index contributed by atoms with van der Waals surface area (Å²) in [5.74, 6) is 2.84. The van der Waals surface area contributed by atoms with E-state index in [1.165, 1.54) is 5.56 Å². The molecule has 0 spiro atoms. The summed E-state index contributed by atoms with van der Waals surface area (Å²) in [6.07, 6.45) is 0.587. The Hall–Kier alpha value is -5.15. The molecule has 1 unspecified atom stereocenters. The van der Waals surface area contributed by atoms with Crippen LogP contribution in [0, 0.1) is 41.5 Å². The maximum Gasteiger partial charge on any atom is 0.453 e. The van der Waals surface area contributed by atoms with Gasteiger partial charge in [-0.15, -0.1) is 0 Å². The molecule has 0 saturated heterocycles. The molecule has 0 radical (unpaired) electrons. The molecule has 1 atom stereocenters. The SMILES string of the molecule is COc1cc(-c2cc(C)cc(C)c2OP(Cc2cccc(C)c2)Oc2cccc(C)c2)c(Op2oc3c(C(C)(C)C)cc(C)cc3c3cc(C)cc(C(C)(C)C)c3o2)c(C(C)(C)C)c1. The normalized spacial score (nSPS) is 12.7. The van der Waals surface area contributed by atoms with E-state index in [1.807, 2.05) is 12.1 Å². The van der Waals surface area contributed by atoms with Crippen LogP contribution in [0.2, 0.25) is 0 Å². The minimum Gasteiger partial charge on any atom is -0.497 e. The van der Waals surface area contributed by atoms with Crippen molar-refractivity contribution < 1.29 is 26.7 Å². The van der Waals surface area contributed by atoms with Gasteiger partial charge in [-0.05, 0) is 134 Å². The molecule has 8 heteroatoms. The highest BCUT2D eigenvalue weighted by molar-refractivity contribution is 7.47. The monoisotopic (exact) mass is 896 g/mol. The van der Waals surface area contributed by atoms with Crippen molar-refractivity contribution in [2.75, 3.05) is 7.11 Å². The highest BCUT2D eigenvalue weighted by Crippen LogP contribution is 2.54. The Bertz CT molecular complexity index is 2770. The predicted octanol–water partition coefficient (Wildman–Crippen LogP) is 17.5. The van der Waals surface area contributed by atoms with E-state index in [1.54, 1.807) is 7.11 Å². The third kappa shape index (κ3) is 10.4. The topological polar surface area (TPSA) is 63.2 Å². The Balaban J connectivity index is 1.52. The van der Waals surface area contributed by atoms with Crippen LogP contribution in [0.1, 0.15) is 118 Å². The Morgan fingerprint density at radius 1 is 0.500 bits per heavy atom. The van der Waals surface area contributed by atoms with Gasteiger partial charge in [0.25, 0.3) is 8.38 Å². The average molecular weight is 897 g/mol. The van der Waals surface area contributed by atoms with Crippen LogP contribution in [-0.4, -0.2) is 7.11 Å². The van der Waals surface area contributed by atoms with Crippen molar-refractivity contribution in [1.29, 1.82) is 0 Å². The van der Waals surface area contributed by atoms with Crippen LogP contribution >= 0.6 is 16.6 Å². The van der Waals surface area contributed by atoms with Crippen LogP contribution in [0.25, 0.3) is 33.1 Å². The van der Waals surface area contributed by atoms with Crippen LogP contribution in [0.5, 0.6) is 23.0 Å². The van der Waals surface area contributed by atoms with Crippen LogP contribution in [0.3, 0.4) is 0 Å². The largest absolute Gasteiger partial charge is 0.497 e. The van der Waals surface area contributed by atoms with Crippen LogP contribution in [-0.2, 0) is 22.4 Å². The van der Waals surface area contributed by atoms with E-state index >= 15 is 0 Å². The van der Waals surface area contributed by atoms with E-state index in [9.17, 15) is 0 Å². The van der Waals surface area contributed by atoms with E-state index in [2.05, 4.69) is 189 Å². The van der Waals surface area contributed by atoms with Crippen LogP contribution < -0.4 is 18.3 Å². The van der Waals surface area contributed by atoms with Gasteiger partial charge in [0.05, 0.1) is 13.3 Å². The molecular weight excluding hydrogens is 831 g/mol. The molecule has 0 fully saturated rings. The molecule has 7 aromatic rings. The minimum atomic E-state index is -2.09. The molecule has 0 aliphatic heterocycles. The Morgan fingerprint density at radius 3 is 1.56 bits per heavy atom. The quantitative estimate of drug-likeness (QED) is 0.127.